The van der Waals surface area contributed by atoms with E-state index in [1.54, 1.807) is 6.08 Å². The molecule has 0 unspecified atom stereocenters. The van der Waals surface area contributed by atoms with Gasteiger partial charge in [-0.3, -0.25) is 0 Å². The summed E-state index contributed by atoms with van der Waals surface area (Å²) in [5, 5.41) is 9.26. The Labute approximate surface area is 78.4 Å². The van der Waals surface area contributed by atoms with Gasteiger partial charge in [-0.2, -0.15) is 0 Å². The molecule has 0 heterocycles. The molecule has 0 atom stereocenters. The summed E-state index contributed by atoms with van der Waals surface area (Å²) in [5.74, 6) is -0.521. The molecule has 0 saturated heterocycles. The number of carbonyl (C=O) groups excluding carboxylic acids is 1. The summed E-state index contributed by atoms with van der Waals surface area (Å²) in [4.78, 5) is 10.8. The van der Waals surface area contributed by atoms with E-state index in [0.717, 1.165) is 12.8 Å². The lowest BCUT2D eigenvalue weighted by Gasteiger charge is -2.17. The summed E-state index contributed by atoms with van der Waals surface area (Å²) in [6.45, 7) is 0. The van der Waals surface area contributed by atoms with Gasteiger partial charge in [0.2, 0.25) is 0 Å². The summed E-state index contributed by atoms with van der Waals surface area (Å²) in [5.41, 5.74) is 0. The standard InChI is InChI=1S/C10H16O3/c1-13-10(12)9(11)7-8-5-3-2-4-6-8/h7-8,11H,2-6H2,1H3. The van der Waals surface area contributed by atoms with Gasteiger partial charge in [-0.05, 0) is 24.8 Å². The first-order valence-electron chi connectivity index (χ1n) is 4.73. The van der Waals surface area contributed by atoms with Gasteiger partial charge in [0.25, 0.3) is 0 Å². The van der Waals surface area contributed by atoms with Crippen LogP contribution in [0.2, 0.25) is 0 Å². The van der Waals surface area contributed by atoms with Crippen molar-refractivity contribution < 1.29 is 14.6 Å². The fraction of sp³-hybridized carbons (Fsp3) is 0.700. The van der Waals surface area contributed by atoms with Crippen LogP contribution < -0.4 is 0 Å². The monoisotopic (exact) mass is 184 g/mol. The van der Waals surface area contributed by atoms with E-state index in [1.165, 1.54) is 26.4 Å². The minimum absolute atomic E-state index is 0.241. The maximum atomic E-state index is 10.8. The summed E-state index contributed by atoms with van der Waals surface area (Å²) < 4.78 is 4.40. The molecule has 0 aliphatic heterocycles. The van der Waals surface area contributed by atoms with Crippen molar-refractivity contribution in [2.24, 2.45) is 5.92 Å². The average molecular weight is 184 g/mol. The zero-order valence-electron chi connectivity index (χ0n) is 7.95. The van der Waals surface area contributed by atoms with Crippen LogP contribution in [0.15, 0.2) is 11.8 Å². The van der Waals surface area contributed by atoms with Gasteiger partial charge in [-0.1, -0.05) is 19.3 Å². The second-order valence-electron chi connectivity index (χ2n) is 3.44. The molecule has 1 fully saturated rings. The Bertz CT molecular complexity index is 202. The highest BCUT2D eigenvalue weighted by Gasteiger charge is 2.14. The number of carbonyl (C=O) groups is 1. The largest absolute Gasteiger partial charge is 0.502 e. The lowest BCUT2D eigenvalue weighted by molar-refractivity contribution is -0.139. The number of ether oxygens (including phenoxy) is 1. The van der Waals surface area contributed by atoms with E-state index in [4.69, 9.17) is 0 Å². The first kappa shape index (κ1) is 10.1. The number of rotatable bonds is 2. The number of esters is 1. The Kier molecular flexibility index (Phi) is 3.80. The third-order valence-electron chi connectivity index (χ3n) is 2.44. The van der Waals surface area contributed by atoms with Gasteiger partial charge in [0.15, 0.2) is 5.76 Å². The number of methoxy groups -OCH3 is 1. The molecule has 0 radical (unpaired) electrons. The molecule has 1 aliphatic carbocycles. The third-order valence-corrected chi connectivity index (χ3v) is 2.44. The van der Waals surface area contributed by atoms with Gasteiger partial charge in [-0.15, -0.1) is 0 Å². The highest BCUT2D eigenvalue weighted by atomic mass is 16.5. The quantitative estimate of drug-likeness (QED) is 0.406. The van der Waals surface area contributed by atoms with E-state index in [2.05, 4.69) is 4.74 Å². The molecule has 1 aliphatic rings. The number of aliphatic hydroxyl groups excluding tert-OH is 1. The van der Waals surface area contributed by atoms with Crippen LogP contribution in [0.25, 0.3) is 0 Å². The molecule has 0 aromatic carbocycles. The molecule has 0 spiro atoms. The Balaban J connectivity index is 2.47. The maximum absolute atomic E-state index is 10.8. The van der Waals surface area contributed by atoms with Gasteiger partial charge in [0, 0.05) is 0 Å². The first-order valence-corrected chi connectivity index (χ1v) is 4.73. The fourth-order valence-corrected chi connectivity index (χ4v) is 1.70. The zero-order valence-corrected chi connectivity index (χ0v) is 7.95. The van der Waals surface area contributed by atoms with E-state index in [9.17, 15) is 9.90 Å². The molecule has 13 heavy (non-hydrogen) atoms. The van der Waals surface area contributed by atoms with E-state index in [1.807, 2.05) is 0 Å². The van der Waals surface area contributed by atoms with Crippen molar-refractivity contribution in [2.75, 3.05) is 7.11 Å². The predicted molar refractivity (Wildman–Crippen MR) is 49.3 cm³/mol. The van der Waals surface area contributed by atoms with Gasteiger partial charge in [0.1, 0.15) is 0 Å². The van der Waals surface area contributed by atoms with Crippen LogP contribution in [-0.4, -0.2) is 18.2 Å². The maximum Gasteiger partial charge on any atom is 0.372 e. The molecule has 1 saturated carbocycles. The third kappa shape index (κ3) is 3.09. The van der Waals surface area contributed by atoms with Crippen LogP contribution >= 0.6 is 0 Å². The molecule has 1 N–H and O–H groups in total. The van der Waals surface area contributed by atoms with Crippen molar-refractivity contribution in [3.8, 4) is 0 Å². The Morgan fingerprint density at radius 2 is 2.00 bits per heavy atom. The first-order chi connectivity index (χ1) is 6.24. The van der Waals surface area contributed by atoms with E-state index >= 15 is 0 Å². The summed E-state index contributed by atoms with van der Waals surface area (Å²) in [6, 6.07) is 0. The number of hydrogen-bond acceptors (Lipinski definition) is 3. The summed E-state index contributed by atoms with van der Waals surface area (Å²) >= 11 is 0. The highest BCUT2D eigenvalue weighted by molar-refractivity contribution is 5.85. The van der Waals surface area contributed by atoms with E-state index < -0.39 is 5.97 Å². The lowest BCUT2D eigenvalue weighted by Crippen LogP contribution is -2.09. The smallest absolute Gasteiger partial charge is 0.372 e. The molecule has 3 heteroatoms. The fourth-order valence-electron chi connectivity index (χ4n) is 1.70. The molecule has 0 amide bonds. The van der Waals surface area contributed by atoms with Crippen LogP contribution in [-0.2, 0) is 9.53 Å². The second-order valence-corrected chi connectivity index (χ2v) is 3.44. The number of aliphatic hydroxyl groups is 1. The molecular formula is C10H16O3. The summed E-state index contributed by atoms with van der Waals surface area (Å²) in [6.07, 6.45) is 7.42. The molecule has 0 bridgehead atoms. The van der Waals surface area contributed by atoms with Crippen LogP contribution in [0.5, 0.6) is 0 Å². The van der Waals surface area contributed by atoms with Crippen molar-refractivity contribution in [2.45, 2.75) is 32.1 Å². The Hall–Kier alpha value is -0.990. The topological polar surface area (TPSA) is 46.5 Å². The molecule has 0 aromatic heterocycles. The van der Waals surface area contributed by atoms with Crippen molar-refractivity contribution in [1.82, 2.24) is 0 Å². The highest BCUT2D eigenvalue weighted by Crippen LogP contribution is 2.25. The zero-order chi connectivity index (χ0) is 9.68. The minimum Gasteiger partial charge on any atom is -0.502 e. The SMILES string of the molecule is COC(=O)C(O)=CC1CCCCC1. The van der Waals surface area contributed by atoms with Crippen LogP contribution in [0.3, 0.4) is 0 Å². The van der Waals surface area contributed by atoms with Crippen molar-refractivity contribution in [3.63, 3.8) is 0 Å². The Morgan fingerprint density at radius 1 is 1.38 bits per heavy atom. The van der Waals surface area contributed by atoms with Crippen LogP contribution in [0.1, 0.15) is 32.1 Å². The van der Waals surface area contributed by atoms with Crippen LogP contribution in [0.4, 0.5) is 0 Å². The van der Waals surface area contributed by atoms with Gasteiger partial charge < -0.3 is 9.84 Å². The summed E-state index contributed by atoms with van der Waals surface area (Å²) in [7, 11) is 1.27. The lowest BCUT2D eigenvalue weighted by atomic mass is 9.89. The van der Waals surface area contributed by atoms with Crippen molar-refractivity contribution in [1.29, 1.82) is 0 Å². The van der Waals surface area contributed by atoms with Gasteiger partial charge >= 0.3 is 5.97 Å². The number of hydrogen-bond donors (Lipinski definition) is 1. The predicted octanol–water partition coefficient (Wildman–Crippen LogP) is 2.18. The number of allylic oxidation sites excluding steroid dienone is 1. The van der Waals surface area contributed by atoms with Crippen LogP contribution in [0, 0.1) is 5.92 Å². The van der Waals surface area contributed by atoms with Crippen molar-refractivity contribution in [3.05, 3.63) is 11.8 Å². The molecular weight excluding hydrogens is 168 g/mol. The van der Waals surface area contributed by atoms with Crippen molar-refractivity contribution >= 4 is 5.97 Å². The molecule has 3 nitrogen and oxygen atoms in total. The Morgan fingerprint density at radius 3 is 2.54 bits per heavy atom. The van der Waals surface area contributed by atoms with E-state index in [0.29, 0.717) is 5.92 Å². The van der Waals surface area contributed by atoms with E-state index in [-0.39, 0.29) is 5.76 Å². The second kappa shape index (κ2) is 4.90. The molecule has 74 valence electrons. The van der Waals surface area contributed by atoms with Gasteiger partial charge in [-0.25, -0.2) is 4.79 Å². The molecule has 0 aromatic rings. The molecule has 1 rings (SSSR count). The minimum atomic E-state index is -0.634. The average Bonchev–Trinajstić information content (AvgIpc) is 2.18. The van der Waals surface area contributed by atoms with Gasteiger partial charge in [0.05, 0.1) is 7.11 Å². The normalized spacial score (nSPS) is 19.9.